The Morgan fingerprint density at radius 2 is 1.88 bits per heavy atom. The van der Waals surface area contributed by atoms with Gasteiger partial charge in [0.2, 0.25) is 0 Å². The van der Waals surface area contributed by atoms with Gasteiger partial charge >= 0.3 is 0 Å². The molecule has 0 aliphatic rings. The molecule has 0 aromatic rings. The topological polar surface area (TPSA) is 12.4 Å². The van der Waals surface area contributed by atoms with Gasteiger partial charge < -0.3 is 0 Å². The monoisotopic (exact) mass is 231 g/mol. The summed E-state index contributed by atoms with van der Waals surface area (Å²) in [6.45, 7) is 8.26. The molecule has 0 aromatic carbocycles. The fourth-order valence-corrected chi connectivity index (χ4v) is 1.37. The molecule has 94 valence electrons. The fraction of sp³-hybridized carbons (Fsp3) is 0.438. The summed E-state index contributed by atoms with van der Waals surface area (Å²) >= 11 is 0. The van der Waals surface area contributed by atoms with Gasteiger partial charge in [-0.1, -0.05) is 49.5 Å². The number of allylic oxidation sites excluding steroid dienone is 7. The van der Waals surface area contributed by atoms with Crippen LogP contribution in [0.25, 0.3) is 0 Å². The second-order valence-electron chi connectivity index (χ2n) is 3.89. The average Bonchev–Trinajstić information content (AvgIpc) is 2.35. The van der Waals surface area contributed by atoms with Crippen LogP contribution in [0.5, 0.6) is 0 Å². The van der Waals surface area contributed by atoms with E-state index in [4.69, 9.17) is 0 Å². The molecule has 0 saturated carbocycles. The van der Waals surface area contributed by atoms with E-state index in [0.717, 1.165) is 18.6 Å². The molecule has 0 N–H and O–H groups in total. The van der Waals surface area contributed by atoms with Crippen LogP contribution in [0.3, 0.4) is 0 Å². The molecule has 1 atom stereocenters. The molecule has 0 saturated heterocycles. The lowest BCUT2D eigenvalue weighted by molar-refractivity contribution is 0.872. The van der Waals surface area contributed by atoms with Gasteiger partial charge in [-0.3, -0.25) is 4.99 Å². The molecule has 0 fully saturated rings. The maximum absolute atomic E-state index is 4.42. The highest BCUT2D eigenvalue weighted by Gasteiger charge is 2.05. The predicted octanol–water partition coefficient (Wildman–Crippen LogP) is 5.09. The number of aliphatic imine (C=N–C) groups is 1. The van der Waals surface area contributed by atoms with E-state index in [2.05, 4.69) is 62.2 Å². The summed E-state index contributed by atoms with van der Waals surface area (Å²) in [5.41, 5.74) is 1.15. The maximum atomic E-state index is 4.42. The van der Waals surface area contributed by atoms with Crippen molar-refractivity contribution in [1.29, 1.82) is 0 Å². The van der Waals surface area contributed by atoms with Crippen LogP contribution < -0.4 is 0 Å². The Morgan fingerprint density at radius 3 is 2.47 bits per heavy atom. The summed E-state index contributed by atoms with van der Waals surface area (Å²) in [7, 11) is 0. The van der Waals surface area contributed by atoms with Crippen LogP contribution in [0.2, 0.25) is 0 Å². The molecule has 0 bridgehead atoms. The van der Waals surface area contributed by atoms with Crippen LogP contribution in [0.15, 0.2) is 53.7 Å². The Kier molecular flexibility index (Phi) is 10.2. The highest BCUT2D eigenvalue weighted by molar-refractivity contribution is 5.86. The fourth-order valence-electron chi connectivity index (χ4n) is 1.37. The summed E-state index contributed by atoms with van der Waals surface area (Å²) in [5, 5.41) is 0. The Hall–Kier alpha value is -1.37. The quantitative estimate of drug-likeness (QED) is 0.329. The van der Waals surface area contributed by atoms with E-state index < -0.39 is 0 Å². The number of hydrogen-bond donors (Lipinski definition) is 0. The van der Waals surface area contributed by atoms with Crippen LogP contribution in [-0.2, 0) is 0 Å². The van der Waals surface area contributed by atoms with Gasteiger partial charge in [-0.25, -0.2) is 0 Å². The number of rotatable bonds is 7. The Bertz CT molecular complexity index is 316. The minimum absolute atomic E-state index is 0.393. The third kappa shape index (κ3) is 8.44. The van der Waals surface area contributed by atoms with Crippen molar-refractivity contribution in [3.05, 3.63) is 48.7 Å². The molecule has 1 heteroatoms. The minimum atomic E-state index is 0.393. The molecular weight excluding hydrogens is 206 g/mol. The van der Waals surface area contributed by atoms with Crippen molar-refractivity contribution in [2.45, 2.75) is 40.5 Å². The molecule has 0 aliphatic heterocycles. The first-order chi connectivity index (χ1) is 8.26. The Balaban J connectivity index is 4.62. The van der Waals surface area contributed by atoms with E-state index in [1.807, 2.05) is 19.2 Å². The van der Waals surface area contributed by atoms with Crippen molar-refractivity contribution < 1.29 is 0 Å². The Labute approximate surface area is 106 Å². The van der Waals surface area contributed by atoms with Gasteiger partial charge in [0.05, 0.1) is 0 Å². The average molecular weight is 231 g/mol. The van der Waals surface area contributed by atoms with Crippen molar-refractivity contribution in [1.82, 2.24) is 0 Å². The summed E-state index contributed by atoms with van der Waals surface area (Å²) < 4.78 is 0. The van der Waals surface area contributed by atoms with Crippen molar-refractivity contribution >= 4 is 5.71 Å². The van der Waals surface area contributed by atoms with Crippen LogP contribution in [0.1, 0.15) is 40.5 Å². The molecule has 0 spiro atoms. The zero-order valence-corrected chi connectivity index (χ0v) is 11.6. The molecule has 0 rings (SSSR count). The van der Waals surface area contributed by atoms with E-state index >= 15 is 0 Å². The second-order valence-corrected chi connectivity index (χ2v) is 3.89. The zero-order valence-electron chi connectivity index (χ0n) is 11.6. The molecular formula is C16H25N. The first kappa shape index (κ1) is 15.6. The SMILES string of the molecule is C/C=C\CC(/C=C\C=C/CC)C(C)=N/C=C\C. The van der Waals surface area contributed by atoms with Gasteiger partial charge in [0.25, 0.3) is 0 Å². The van der Waals surface area contributed by atoms with Gasteiger partial charge in [0.1, 0.15) is 0 Å². The van der Waals surface area contributed by atoms with E-state index in [9.17, 15) is 0 Å². The minimum Gasteiger partial charge on any atom is -0.266 e. The van der Waals surface area contributed by atoms with Crippen molar-refractivity contribution in [2.24, 2.45) is 10.9 Å². The first-order valence-corrected chi connectivity index (χ1v) is 6.36. The van der Waals surface area contributed by atoms with E-state index in [1.54, 1.807) is 0 Å². The van der Waals surface area contributed by atoms with Crippen molar-refractivity contribution in [3.63, 3.8) is 0 Å². The van der Waals surface area contributed by atoms with E-state index in [0.29, 0.717) is 5.92 Å². The highest BCUT2D eigenvalue weighted by Crippen LogP contribution is 2.10. The second kappa shape index (κ2) is 11.1. The zero-order chi connectivity index (χ0) is 12.9. The lowest BCUT2D eigenvalue weighted by Gasteiger charge is -2.08. The molecule has 1 nitrogen and oxygen atoms in total. The van der Waals surface area contributed by atoms with Gasteiger partial charge in [0.15, 0.2) is 0 Å². The lowest BCUT2D eigenvalue weighted by atomic mass is 9.99. The number of hydrogen-bond acceptors (Lipinski definition) is 1. The maximum Gasteiger partial charge on any atom is 0.0224 e. The van der Waals surface area contributed by atoms with Gasteiger partial charge in [-0.2, -0.15) is 0 Å². The smallest absolute Gasteiger partial charge is 0.0224 e. The molecule has 0 amide bonds. The summed E-state index contributed by atoms with van der Waals surface area (Å²) in [5.74, 6) is 0.393. The van der Waals surface area contributed by atoms with Crippen molar-refractivity contribution in [2.75, 3.05) is 0 Å². The van der Waals surface area contributed by atoms with Crippen LogP contribution >= 0.6 is 0 Å². The van der Waals surface area contributed by atoms with Crippen LogP contribution in [-0.4, -0.2) is 5.71 Å². The van der Waals surface area contributed by atoms with Gasteiger partial charge in [0, 0.05) is 17.8 Å². The summed E-state index contributed by atoms with van der Waals surface area (Å²) in [4.78, 5) is 4.42. The first-order valence-electron chi connectivity index (χ1n) is 6.36. The standard InChI is InChI=1S/C16H25N/c1-5-8-10-11-13-16(12-9-6-2)15(4)17-14-7-3/h6-11,13-14,16H,5,12H2,1-4H3/b9-6-,10-8-,13-11-,14-7-,17-15?. The normalized spacial score (nSPS) is 15.9. The largest absolute Gasteiger partial charge is 0.266 e. The van der Waals surface area contributed by atoms with Gasteiger partial charge in [-0.15, -0.1) is 0 Å². The van der Waals surface area contributed by atoms with Gasteiger partial charge in [-0.05, 0) is 33.6 Å². The molecule has 0 aliphatic carbocycles. The van der Waals surface area contributed by atoms with Crippen LogP contribution in [0, 0.1) is 5.92 Å². The number of nitrogens with zero attached hydrogens (tertiary/aromatic N) is 1. The highest BCUT2D eigenvalue weighted by atomic mass is 14.7. The molecule has 0 radical (unpaired) electrons. The summed E-state index contributed by atoms with van der Waals surface area (Å²) in [6, 6.07) is 0. The predicted molar refractivity (Wildman–Crippen MR) is 79.4 cm³/mol. The van der Waals surface area contributed by atoms with Crippen LogP contribution in [0.4, 0.5) is 0 Å². The molecule has 1 unspecified atom stereocenters. The van der Waals surface area contributed by atoms with E-state index in [1.165, 1.54) is 0 Å². The molecule has 0 aromatic heterocycles. The Morgan fingerprint density at radius 1 is 1.12 bits per heavy atom. The third-order valence-corrected chi connectivity index (χ3v) is 2.42. The molecule has 0 heterocycles. The van der Waals surface area contributed by atoms with E-state index in [-0.39, 0.29) is 0 Å². The third-order valence-electron chi connectivity index (χ3n) is 2.42. The molecule has 17 heavy (non-hydrogen) atoms. The summed E-state index contributed by atoms with van der Waals surface area (Å²) in [6.07, 6.45) is 18.8. The lowest BCUT2D eigenvalue weighted by Crippen LogP contribution is -2.06. The van der Waals surface area contributed by atoms with Crippen molar-refractivity contribution in [3.8, 4) is 0 Å².